The smallest absolute Gasteiger partial charge is 0.137 e. The lowest BCUT2D eigenvalue weighted by atomic mass is 9.92. The van der Waals surface area contributed by atoms with Gasteiger partial charge in [-0.3, -0.25) is 0 Å². The summed E-state index contributed by atoms with van der Waals surface area (Å²) in [6.07, 6.45) is 8.69. The number of rotatable bonds is 13. The van der Waals surface area contributed by atoms with Crippen LogP contribution in [0.2, 0.25) is 0 Å². The van der Waals surface area contributed by atoms with Gasteiger partial charge in [0.25, 0.3) is 0 Å². The summed E-state index contributed by atoms with van der Waals surface area (Å²) in [4.78, 5) is 9.69. The molecule has 31 heavy (non-hydrogen) atoms. The normalized spacial score (nSPS) is 12.4. The first-order valence-corrected chi connectivity index (χ1v) is 12.0. The zero-order valence-corrected chi connectivity index (χ0v) is 19.2. The molecule has 0 bridgehead atoms. The van der Waals surface area contributed by atoms with Gasteiger partial charge in [-0.2, -0.15) is 0 Å². The number of nitrogens with zero attached hydrogens (tertiary/aromatic N) is 2. The number of hydrogen-bond donors (Lipinski definition) is 2. The fraction of sp³-hybridized carbons (Fsp3) is 0.481. The summed E-state index contributed by atoms with van der Waals surface area (Å²) in [6.45, 7) is 5.36. The average Bonchev–Trinajstić information content (AvgIpc) is 2.81. The van der Waals surface area contributed by atoms with Gasteiger partial charge in [0.15, 0.2) is 0 Å². The molecule has 2 aromatic carbocycles. The van der Waals surface area contributed by atoms with Gasteiger partial charge < -0.3 is 11.1 Å². The Bertz CT molecular complexity index is 906. The summed E-state index contributed by atoms with van der Waals surface area (Å²) in [6, 6.07) is 19.3. The minimum Gasteiger partial charge on any atom is -0.369 e. The molecule has 0 saturated heterocycles. The van der Waals surface area contributed by atoms with E-state index < -0.39 is 0 Å². The van der Waals surface area contributed by atoms with Crippen LogP contribution in [-0.4, -0.2) is 22.6 Å². The van der Waals surface area contributed by atoms with Gasteiger partial charge in [-0.05, 0) is 55.7 Å². The quantitative estimate of drug-likeness (QED) is 0.327. The Morgan fingerprint density at radius 3 is 2.32 bits per heavy atom. The van der Waals surface area contributed by atoms with E-state index in [0.29, 0.717) is 12.0 Å². The van der Waals surface area contributed by atoms with E-state index in [0.717, 1.165) is 80.5 Å². The minimum atomic E-state index is 0.291. The maximum Gasteiger partial charge on any atom is 0.137 e. The third-order valence-corrected chi connectivity index (χ3v) is 6.27. The molecule has 3 aromatic rings. The Balaban J connectivity index is 1.56. The molecule has 0 aliphatic carbocycles. The van der Waals surface area contributed by atoms with Crippen LogP contribution < -0.4 is 11.1 Å². The molecule has 1 unspecified atom stereocenters. The van der Waals surface area contributed by atoms with Gasteiger partial charge in [-0.15, -0.1) is 0 Å². The van der Waals surface area contributed by atoms with E-state index in [1.165, 1.54) is 5.56 Å². The fourth-order valence-electron chi connectivity index (χ4n) is 4.30. The molecule has 4 nitrogen and oxygen atoms in total. The van der Waals surface area contributed by atoms with Crippen molar-refractivity contribution in [2.24, 2.45) is 11.7 Å². The molecular weight excluding hydrogens is 380 g/mol. The molecule has 0 aliphatic heterocycles. The van der Waals surface area contributed by atoms with Crippen molar-refractivity contribution in [2.75, 3.05) is 11.9 Å². The molecule has 0 fully saturated rings. The number of fused-ring (bicyclic) bond motifs is 1. The van der Waals surface area contributed by atoms with Gasteiger partial charge in [0, 0.05) is 24.4 Å². The van der Waals surface area contributed by atoms with Crippen molar-refractivity contribution < 1.29 is 0 Å². The summed E-state index contributed by atoms with van der Waals surface area (Å²) in [5.74, 6) is 2.52. The van der Waals surface area contributed by atoms with E-state index in [2.05, 4.69) is 67.7 Å². The third-order valence-electron chi connectivity index (χ3n) is 6.27. The molecule has 4 heteroatoms. The second-order valence-electron chi connectivity index (χ2n) is 8.51. The maximum atomic E-state index is 6.39. The number of unbranched alkanes of at least 4 members (excludes halogenated alkanes) is 1. The molecule has 1 atom stereocenters. The molecule has 1 aromatic heterocycles. The maximum absolute atomic E-state index is 6.39. The molecule has 1 heterocycles. The van der Waals surface area contributed by atoms with Crippen LogP contribution in [0.1, 0.15) is 63.8 Å². The minimum absolute atomic E-state index is 0.291. The topological polar surface area (TPSA) is 63.8 Å². The number of para-hydroxylation sites is 1. The van der Waals surface area contributed by atoms with Crippen LogP contribution >= 0.6 is 0 Å². The second kappa shape index (κ2) is 12.4. The molecule has 0 spiro atoms. The number of benzene rings is 2. The summed E-state index contributed by atoms with van der Waals surface area (Å²) in [5, 5.41) is 4.67. The zero-order valence-electron chi connectivity index (χ0n) is 19.2. The van der Waals surface area contributed by atoms with E-state index in [9.17, 15) is 0 Å². The first-order valence-electron chi connectivity index (χ1n) is 12.0. The van der Waals surface area contributed by atoms with Gasteiger partial charge in [0.05, 0.1) is 5.52 Å². The van der Waals surface area contributed by atoms with Gasteiger partial charge in [-0.25, -0.2) is 9.97 Å². The van der Waals surface area contributed by atoms with Gasteiger partial charge >= 0.3 is 0 Å². The van der Waals surface area contributed by atoms with Crippen molar-refractivity contribution in [3.8, 4) is 0 Å². The SMILES string of the molecule is CCC(CC)C(N)CCCNc1nc(CCCCc2ccccc2)nc2ccccc12. The van der Waals surface area contributed by atoms with E-state index in [4.69, 9.17) is 15.7 Å². The summed E-state index contributed by atoms with van der Waals surface area (Å²) >= 11 is 0. The van der Waals surface area contributed by atoms with Crippen molar-refractivity contribution in [2.45, 2.75) is 71.3 Å². The monoisotopic (exact) mass is 418 g/mol. The number of aryl methyl sites for hydroxylation is 2. The van der Waals surface area contributed by atoms with Crippen molar-refractivity contribution in [3.63, 3.8) is 0 Å². The van der Waals surface area contributed by atoms with Crippen LogP contribution in [0.25, 0.3) is 10.9 Å². The number of anilines is 1. The van der Waals surface area contributed by atoms with Crippen LogP contribution in [0.4, 0.5) is 5.82 Å². The first kappa shape index (κ1) is 23.2. The predicted molar refractivity (Wildman–Crippen MR) is 132 cm³/mol. The highest BCUT2D eigenvalue weighted by Gasteiger charge is 2.13. The fourth-order valence-corrected chi connectivity index (χ4v) is 4.30. The number of nitrogens with one attached hydrogen (secondary N) is 1. The predicted octanol–water partition coefficient (Wildman–Crippen LogP) is 6.15. The van der Waals surface area contributed by atoms with E-state index in [1.807, 2.05) is 6.07 Å². The largest absolute Gasteiger partial charge is 0.369 e. The third kappa shape index (κ3) is 7.03. The lowest BCUT2D eigenvalue weighted by molar-refractivity contribution is 0.374. The van der Waals surface area contributed by atoms with Crippen LogP contribution in [0.3, 0.4) is 0 Å². The number of nitrogens with two attached hydrogens (primary N) is 1. The van der Waals surface area contributed by atoms with Crippen LogP contribution in [0.5, 0.6) is 0 Å². The Morgan fingerprint density at radius 1 is 0.839 bits per heavy atom. The van der Waals surface area contributed by atoms with Crippen LogP contribution in [0.15, 0.2) is 54.6 Å². The molecule has 0 saturated carbocycles. The van der Waals surface area contributed by atoms with Crippen LogP contribution in [0, 0.1) is 5.92 Å². The molecule has 0 radical (unpaired) electrons. The highest BCUT2D eigenvalue weighted by molar-refractivity contribution is 5.88. The van der Waals surface area contributed by atoms with E-state index in [1.54, 1.807) is 0 Å². The standard InChI is InChI=1S/C27H38N4/c1-3-22(4-2)24(28)17-12-20-29-27-23-16-9-10-18-25(23)30-26(31-27)19-11-8-15-21-13-6-5-7-14-21/h5-7,9-10,13-14,16,18,22,24H,3-4,8,11-12,15,17,19-20,28H2,1-2H3,(H,29,30,31). The highest BCUT2D eigenvalue weighted by Crippen LogP contribution is 2.21. The molecule has 0 amide bonds. The van der Waals surface area contributed by atoms with Crippen molar-refractivity contribution in [1.29, 1.82) is 0 Å². The number of hydrogen-bond acceptors (Lipinski definition) is 4. The number of aromatic nitrogens is 2. The Labute approximate surface area is 187 Å². The highest BCUT2D eigenvalue weighted by atomic mass is 15.0. The molecule has 166 valence electrons. The Morgan fingerprint density at radius 2 is 1.55 bits per heavy atom. The Hall–Kier alpha value is -2.46. The molecule has 0 aliphatic rings. The van der Waals surface area contributed by atoms with Crippen molar-refractivity contribution in [3.05, 3.63) is 66.0 Å². The van der Waals surface area contributed by atoms with E-state index in [-0.39, 0.29) is 0 Å². The molecule has 3 N–H and O–H groups in total. The first-order chi connectivity index (χ1) is 15.2. The second-order valence-corrected chi connectivity index (χ2v) is 8.51. The Kier molecular flexibility index (Phi) is 9.29. The van der Waals surface area contributed by atoms with Crippen molar-refractivity contribution >= 4 is 16.7 Å². The summed E-state index contributed by atoms with van der Waals surface area (Å²) in [7, 11) is 0. The van der Waals surface area contributed by atoms with Gasteiger partial charge in [0.1, 0.15) is 11.6 Å². The lowest BCUT2D eigenvalue weighted by Gasteiger charge is -2.21. The van der Waals surface area contributed by atoms with Crippen molar-refractivity contribution in [1.82, 2.24) is 9.97 Å². The van der Waals surface area contributed by atoms with Crippen LogP contribution in [-0.2, 0) is 12.8 Å². The summed E-state index contributed by atoms with van der Waals surface area (Å²) < 4.78 is 0. The van der Waals surface area contributed by atoms with E-state index >= 15 is 0 Å². The van der Waals surface area contributed by atoms with Gasteiger partial charge in [0.2, 0.25) is 0 Å². The average molecular weight is 419 g/mol. The molecule has 3 rings (SSSR count). The zero-order chi connectivity index (χ0) is 21.9. The lowest BCUT2D eigenvalue weighted by Crippen LogP contribution is -2.29. The summed E-state index contributed by atoms with van der Waals surface area (Å²) in [5.41, 5.74) is 8.81. The molecular formula is C27H38N4. The van der Waals surface area contributed by atoms with Gasteiger partial charge in [-0.1, -0.05) is 69.2 Å².